The highest BCUT2D eigenvalue weighted by Crippen LogP contribution is 2.15. The molecule has 0 aliphatic heterocycles. The van der Waals surface area contributed by atoms with Crippen molar-refractivity contribution in [3.05, 3.63) is 17.9 Å². The molecule has 0 aromatic carbocycles. The molecule has 1 aromatic heterocycles. The molecule has 0 spiro atoms. The molecule has 1 aromatic rings. The Bertz CT molecular complexity index is 496. The first-order chi connectivity index (χ1) is 9.40. The molecule has 0 aliphatic rings. The van der Waals surface area contributed by atoms with E-state index in [2.05, 4.69) is 10.0 Å². The van der Waals surface area contributed by atoms with E-state index in [9.17, 15) is 8.42 Å². The van der Waals surface area contributed by atoms with Gasteiger partial charge in [0.15, 0.2) is 0 Å². The lowest BCUT2D eigenvalue weighted by Gasteiger charge is -2.20. The highest BCUT2D eigenvalue weighted by atomic mass is 32.2. The molecule has 0 aliphatic carbocycles. The van der Waals surface area contributed by atoms with E-state index in [1.54, 1.807) is 13.2 Å². The van der Waals surface area contributed by atoms with Gasteiger partial charge in [0.2, 0.25) is 5.09 Å². The van der Waals surface area contributed by atoms with Gasteiger partial charge in [-0.15, -0.1) is 0 Å². The summed E-state index contributed by atoms with van der Waals surface area (Å²) in [6, 6.07) is 2.85. The van der Waals surface area contributed by atoms with E-state index in [1.807, 2.05) is 20.8 Å². The molecule has 20 heavy (non-hydrogen) atoms. The third kappa shape index (κ3) is 4.90. The number of furan rings is 1. The Balaban J connectivity index is 2.79. The molecule has 0 fully saturated rings. The van der Waals surface area contributed by atoms with Gasteiger partial charge < -0.3 is 14.5 Å². The number of hydrogen-bond donors (Lipinski definition) is 2. The largest absolute Gasteiger partial charge is 0.447 e. The van der Waals surface area contributed by atoms with E-state index in [0.29, 0.717) is 18.9 Å². The zero-order valence-corrected chi connectivity index (χ0v) is 13.3. The summed E-state index contributed by atoms with van der Waals surface area (Å²) in [6.45, 7) is 7.47. The third-order valence-corrected chi connectivity index (χ3v) is 4.27. The molecule has 0 saturated heterocycles. The highest BCUT2D eigenvalue weighted by Gasteiger charge is 2.25. The fraction of sp³-hybridized carbons (Fsp3) is 0.692. The lowest BCUT2D eigenvalue weighted by atomic mass is 10.1. The summed E-state index contributed by atoms with van der Waals surface area (Å²) in [5, 5.41) is 3.02. The molecule has 1 heterocycles. The molecule has 0 amide bonds. The van der Waals surface area contributed by atoms with Crippen LogP contribution < -0.4 is 10.0 Å². The fourth-order valence-electron chi connectivity index (χ4n) is 1.65. The maximum atomic E-state index is 12.2. The molecule has 6 nitrogen and oxygen atoms in total. The molecule has 1 unspecified atom stereocenters. The Kier molecular flexibility index (Phi) is 6.67. The Morgan fingerprint density at radius 3 is 2.60 bits per heavy atom. The average molecular weight is 304 g/mol. The SMILES string of the molecule is CCNCc1ccc(S(=O)(=O)NC(COC)C(C)C)o1. The smallest absolute Gasteiger partial charge is 0.274 e. The normalized spacial score (nSPS) is 13.8. The van der Waals surface area contributed by atoms with Crippen LogP contribution in [0.5, 0.6) is 0 Å². The van der Waals surface area contributed by atoms with Crippen LogP contribution in [0.25, 0.3) is 0 Å². The first kappa shape index (κ1) is 17.2. The lowest BCUT2D eigenvalue weighted by Crippen LogP contribution is -2.41. The monoisotopic (exact) mass is 304 g/mol. The van der Waals surface area contributed by atoms with E-state index in [-0.39, 0.29) is 17.1 Å². The quantitative estimate of drug-likeness (QED) is 0.719. The van der Waals surface area contributed by atoms with Crippen LogP contribution in [0, 0.1) is 5.92 Å². The average Bonchev–Trinajstić information content (AvgIpc) is 2.85. The molecule has 7 heteroatoms. The molecule has 1 atom stereocenters. The van der Waals surface area contributed by atoms with E-state index in [4.69, 9.17) is 9.15 Å². The fourth-order valence-corrected chi connectivity index (χ4v) is 2.96. The van der Waals surface area contributed by atoms with Crippen LogP contribution in [0.15, 0.2) is 21.6 Å². The minimum atomic E-state index is -3.66. The predicted octanol–water partition coefficient (Wildman–Crippen LogP) is 1.34. The van der Waals surface area contributed by atoms with Gasteiger partial charge in [-0.25, -0.2) is 13.1 Å². The van der Waals surface area contributed by atoms with E-state index in [1.165, 1.54) is 6.07 Å². The summed E-state index contributed by atoms with van der Waals surface area (Å²) in [6.07, 6.45) is 0. The summed E-state index contributed by atoms with van der Waals surface area (Å²) in [7, 11) is -2.11. The van der Waals surface area contributed by atoms with Crippen molar-refractivity contribution in [2.45, 2.75) is 38.5 Å². The first-order valence-electron chi connectivity index (χ1n) is 6.71. The van der Waals surface area contributed by atoms with Crippen molar-refractivity contribution in [1.82, 2.24) is 10.0 Å². The van der Waals surface area contributed by atoms with Crippen molar-refractivity contribution < 1.29 is 17.6 Å². The molecule has 0 bridgehead atoms. The van der Waals surface area contributed by atoms with Crippen LogP contribution in [0.2, 0.25) is 0 Å². The summed E-state index contributed by atoms with van der Waals surface area (Å²) in [4.78, 5) is 0. The maximum absolute atomic E-state index is 12.2. The Labute approximate surface area is 120 Å². The third-order valence-electron chi connectivity index (χ3n) is 2.91. The summed E-state index contributed by atoms with van der Waals surface area (Å²) < 4.78 is 37.5. The standard InChI is InChI=1S/C13H24N2O4S/c1-5-14-8-11-6-7-13(19-11)20(16,17)15-12(9-18-4)10(2)3/h6-7,10,12,14-15H,5,8-9H2,1-4H3. The van der Waals surface area contributed by atoms with Crippen molar-refractivity contribution in [3.8, 4) is 0 Å². The van der Waals surface area contributed by atoms with Gasteiger partial charge in [-0.3, -0.25) is 0 Å². The molecule has 2 N–H and O–H groups in total. The van der Waals surface area contributed by atoms with E-state index < -0.39 is 10.0 Å². The van der Waals surface area contributed by atoms with Gasteiger partial charge in [0, 0.05) is 13.2 Å². The Morgan fingerprint density at radius 1 is 1.35 bits per heavy atom. The van der Waals surface area contributed by atoms with Crippen molar-refractivity contribution in [2.24, 2.45) is 5.92 Å². The van der Waals surface area contributed by atoms with Crippen LogP contribution in [-0.4, -0.2) is 34.7 Å². The summed E-state index contributed by atoms with van der Waals surface area (Å²) in [5.41, 5.74) is 0. The summed E-state index contributed by atoms with van der Waals surface area (Å²) in [5.74, 6) is 0.723. The molecule has 116 valence electrons. The molecular weight excluding hydrogens is 280 g/mol. The van der Waals surface area contributed by atoms with Crippen molar-refractivity contribution in [1.29, 1.82) is 0 Å². The molecule has 1 rings (SSSR count). The van der Waals surface area contributed by atoms with E-state index in [0.717, 1.165) is 6.54 Å². The number of sulfonamides is 1. The first-order valence-corrected chi connectivity index (χ1v) is 8.19. The van der Waals surface area contributed by atoms with Gasteiger partial charge in [-0.05, 0) is 24.6 Å². The second kappa shape index (κ2) is 7.78. The second-order valence-corrected chi connectivity index (χ2v) is 6.57. The van der Waals surface area contributed by atoms with Crippen LogP contribution in [-0.2, 0) is 21.3 Å². The molecule has 0 saturated carbocycles. The topological polar surface area (TPSA) is 80.6 Å². The zero-order valence-electron chi connectivity index (χ0n) is 12.5. The maximum Gasteiger partial charge on any atom is 0.274 e. The van der Waals surface area contributed by atoms with Gasteiger partial charge in [-0.1, -0.05) is 20.8 Å². The van der Waals surface area contributed by atoms with Gasteiger partial charge >= 0.3 is 0 Å². The zero-order chi connectivity index (χ0) is 15.2. The van der Waals surface area contributed by atoms with Gasteiger partial charge in [-0.2, -0.15) is 0 Å². The number of ether oxygens (including phenoxy) is 1. The number of rotatable bonds is 9. The van der Waals surface area contributed by atoms with Gasteiger partial charge in [0.05, 0.1) is 13.2 Å². The van der Waals surface area contributed by atoms with E-state index >= 15 is 0 Å². The predicted molar refractivity (Wildman–Crippen MR) is 76.9 cm³/mol. The number of methoxy groups -OCH3 is 1. The molecular formula is C13H24N2O4S. The minimum absolute atomic E-state index is 0.0628. The van der Waals surface area contributed by atoms with Crippen LogP contribution in [0.3, 0.4) is 0 Å². The Morgan fingerprint density at radius 2 is 2.05 bits per heavy atom. The van der Waals surface area contributed by atoms with Crippen molar-refractivity contribution >= 4 is 10.0 Å². The minimum Gasteiger partial charge on any atom is -0.447 e. The van der Waals surface area contributed by atoms with Crippen LogP contribution in [0.1, 0.15) is 26.5 Å². The number of nitrogens with one attached hydrogen (secondary N) is 2. The van der Waals surface area contributed by atoms with Crippen molar-refractivity contribution in [2.75, 3.05) is 20.3 Å². The lowest BCUT2D eigenvalue weighted by molar-refractivity contribution is 0.157. The van der Waals surface area contributed by atoms with Crippen LogP contribution in [0.4, 0.5) is 0 Å². The van der Waals surface area contributed by atoms with Gasteiger partial charge in [0.1, 0.15) is 5.76 Å². The second-order valence-electron chi connectivity index (χ2n) is 4.93. The number of hydrogen-bond acceptors (Lipinski definition) is 5. The summed E-state index contributed by atoms with van der Waals surface area (Å²) >= 11 is 0. The van der Waals surface area contributed by atoms with Crippen molar-refractivity contribution in [3.63, 3.8) is 0 Å². The highest BCUT2D eigenvalue weighted by molar-refractivity contribution is 7.89. The Hall–Kier alpha value is -0.890. The van der Waals surface area contributed by atoms with Gasteiger partial charge in [0.25, 0.3) is 10.0 Å². The molecule has 0 radical (unpaired) electrons. The van der Waals surface area contributed by atoms with Crippen LogP contribution >= 0.6 is 0 Å².